The van der Waals surface area contributed by atoms with Crippen molar-refractivity contribution < 1.29 is 14.3 Å². The van der Waals surface area contributed by atoms with E-state index in [0.717, 1.165) is 19.5 Å². The average Bonchev–Trinajstić information content (AvgIpc) is 3.18. The molecule has 108 valence electrons. The van der Waals surface area contributed by atoms with E-state index in [2.05, 4.69) is 12.2 Å². The number of nitrogens with zero attached hydrogens (tertiary/aromatic N) is 1. The number of likely N-dealkylation sites (tertiary alicyclic amines) is 1. The minimum absolute atomic E-state index is 0.000424. The van der Waals surface area contributed by atoms with Crippen LogP contribution in [0.25, 0.3) is 0 Å². The summed E-state index contributed by atoms with van der Waals surface area (Å²) >= 11 is 0. The molecule has 1 saturated heterocycles. The van der Waals surface area contributed by atoms with E-state index in [1.807, 2.05) is 4.90 Å². The molecule has 5 nitrogen and oxygen atoms in total. The molecule has 1 aliphatic heterocycles. The summed E-state index contributed by atoms with van der Waals surface area (Å²) in [5.41, 5.74) is 0. The third kappa shape index (κ3) is 3.69. The molecule has 0 aromatic rings. The maximum Gasteiger partial charge on any atom is 0.226 e. The van der Waals surface area contributed by atoms with Gasteiger partial charge in [0.25, 0.3) is 0 Å². The van der Waals surface area contributed by atoms with Crippen LogP contribution in [0.4, 0.5) is 0 Å². The first-order chi connectivity index (χ1) is 9.13. The second kappa shape index (κ2) is 6.37. The summed E-state index contributed by atoms with van der Waals surface area (Å²) < 4.78 is 4.88. The molecule has 2 rings (SSSR count). The highest BCUT2D eigenvalue weighted by molar-refractivity contribution is 5.92. The number of hydrogen-bond acceptors (Lipinski definition) is 3. The third-order valence-electron chi connectivity index (χ3n) is 4.02. The maximum absolute atomic E-state index is 12.3. The summed E-state index contributed by atoms with van der Waals surface area (Å²) in [5.74, 6) is 0.582. The smallest absolute Gasteiger partial charge is 0.226 e. The van der Waals surface area contributed by atoms with E-state index in [0.29, 0.717) is 25.5 Å². The van der Waals surface area contributed by atoms with Crippen LogP contribution in [0, 0.1) is 17.8 Å². The quantitative estimate of drug-likeness (QED) is 0.745. The Morgan fingerprint density at radius 1 is 1.37 bits per heavy atom. The van der Waals surface area contributed by atoms with E-state index in [1.54, 1.807) is 7.11 Å². The van der Waals surface area contributed by atoms with Crippen molar-refractivity contribution in [2.24, 2.45) is 17.8 Å². The lowest BCUT2D eigenvalue weighted by molar-refractivity contribution is -0.136. The molecule has 3 unspecified atom stereocenters. The van der Waals surface area contributed by atoms with Gasteiger partial charge < -0.3 is 15.0 Å². The van der Waals surface area contributed by atoms with Gasteiger partial charge in [-0.2, -0.15) is 0 Å². The van der Waals surface area contributed by atoms with Crippen molar-refractivity contribution in [1.29, 1.82) is 0 Å². The van der Waals surface area contributed by atoms with Crippen LogP contribution in [0.3, 0.4) is 0 Å². The second-order valence-electron chi connectivity index (χ2n) is 5.76. The minimum atomic E-state index is -0.110. The lowest BCUT2D eigenvalue weighted by atomic mass is 10.00. The van der Waals surface area contributed by atoms with Crippen molar-refractivity contribution in [2.75, 3.05) is 33.4 Å². The molecule has 1 aliphatic carbocycles. The molecule has 19 heavy (non-hydrogen) atoms. The first kappa shape index (κ1) is 14.3. The van der Waals surface area contributed by atoms with Crippen LogP contribution in [-0.4, -0.2) is 50.1 Å². The summed E-state index contributed by atoms with van der Waals surface area (Å²) in [4.78, 5) is 26.0. The minimum Gasteiger partial charge on any atom is -0.383 e. The fourth-order valence-corrected chi connectivity index (χ4v) is 2.79. The molecule has 3 atom stereocenters. The van der Waals surface area contributed by atoms with Gasteiger partial charge >= 0.3 is 0 Å². The number of carbonyl (C=O) groups is 2. The van der Waals surface area contributed by atoms with Gasteiger partial charge in [0.1, 0.15) is 0 Å². The number of carbonyl (C=O) groups excluding carboxylic acids is 2. The predicted molar refractivity (Wildman–Crippen MR) is 71.5 cm³/mol. The number of rotatable bonds is 5. The van der Waals surface area contributed by atoms with Crippen LogP contribution >= 0.6 is 0 Å². The molecule has 0 radical (unpaired) electrons. The number of nitrogens with one attached hydrogen (secondary N) is 1. The maximum atomic E-state index is 12.3. The Balaban J connectivity index is 1.75. The van der Waals surface area contributed by atoms with Crippen LogP contribution in [0.2, 0.25) is 0 Å². The van der Waals surface area contributed by atoms with Gasteiger partial charge in [0.2, 0.25) is 11.8 Å². The van der Waals surface area contributed by atoms with E-state index in [9.17, 15) is 9.59 Å². The largest absolute Gasteiger partial charge is 0.383 e. The monoisotopic (exact) mass is 268 g/mol. The van der Waals surface area contributed by atoms with Crippen LogP contribution < -0.4 is 5.32 Å². The second-order valence-corrected chi connectivity index (χ2v) is 5.76. The molecule has 0 spiro atoms. The summed E-state index contributed by atoms with van der Waals surface area (Å²) in [6.45, 7) is 4.93. The van der Waals surface area contributed by atoms with E-state index in [-0.39, 0.29) is 23.7 Å². The highest BCUT2D eigenvalue weighted by atomic mass is 16.5. The van der Waals surface area contributed by atoms with Gasteiger partial charge in [-0.25, -0.2) is 0 Å². The molecule has 5 heteroatoms. The molecule has 1 saturated carbocycles. The lowest BCUT2D eigenvalue weighted by Gasteiger charge is -2.31. The van der Waals surface area contributed by atoms with E-state index >= 15 is 0 Å². The first-order valence-electron chi connectivity index (χ1n) is 7.19. The van der Waals surface area contributed by atoms with E-state index < -0.39 is 0 Å². The Labute approximate surface area is 114 Å². The van der Waals surface area contributed by atoms with Crippen molar-refractivity contribution in [3.8, 4) is 0 Å². The van der Waals surface area contributed by atoms with Crippen LogP contribution in [0.5, 0.6) is 0 Å². The zero-order valence-electron chi connectivity index (χ0n) is 11.9. The van der Waals surface area contributed by atoms with Crippen LogP contribution in [0.1, 0.15) is 26.2 Å². The Bertz CT molecular complexity index is 346. The molecule has 1 heterocycles. The number of hydrogen-bond donors (Lipinski definition) is 1. The standard InChI is InChI=1S/C14H24N2O3/c1-10-4-3-6-16(9-10)14(18)12-8-11(12)13(17)15-5-7-19-2/h10-12H,3-9H2,1-2H3,(H,15,17). The van der Waals surface area contributed by atoms with Crippen LogP contribution in [0.15, 0.2) is 0 Å². The van der Waals surface area contributed by atoms with Gasteiger partial charge in [-0.05, 0) is 25.2 Å². The zero-order chi connectivity index (χ0) is 13.8. The normalized spacial score (nSPS) is 30.0. The SMILES string of the molecule is COCCNC(=O)C1CC1C(=O)N1CCCC(C)C1. The molecular formula is C14H24N2O3. The molecule has 0 aromatic heterocycles. The van der Waals surface area contributed by atoms with Gasteiger partial charge in [-0.3, -0.25) is 9.59 Å². The molecule has 0 bridgehead atoms. The Morgan fingerprint density at radius 2 is 2.16 bits per heavy atom. The average molecular weight is 268 g/mol. The summed E-state index contributed by atoms with van der Waals surface area (Å²) in [5, 5.41) is 2.81. The molecular weight excluding hydrogens is 244 g/mol. The molecule has 2 aliphatic rings. The predicted octanol–water partition coefficient (Wildman–Crippen LogP) is 0.644. The van der Waals surface area contributed by atoms with Crippen molar-refractivity contribution in [3.05, 3.63) is 0 Å². The van der Waals surface area contributed by atoms with Gasteiger partial charge in [-0.15, -0.1) is 0 Å². The third-order valence-corrected chi connectivity index (χ3v) is 4.02. The highest BCUT2D eigenvalue weighted by Crippen LogP contribution is 2.40. The zero-order valence-corrected chi connectivity index (χ0v) is 11.9. The molecule has 2 fully saturated rings. The highest BCUT2D eigenvalue weighted by Gasteiger charge is 2.49. The van der Waals surface area contributed by atoms with E-state index in [1.165, 1.54) is 6.42 Å². The number of methoxy groups -OCH3 is 1. The number of piperidine rings is 1. The first-order valence-corrected chi connectivity index (χ1v) is 7.19. The van der Waals surface area contributed by atoms with Crippen molar-refractivity contribution in [3.63, 3.8) is 0 Å². The molecule has 2 amide bonds. The summed E-state index contributed by atoms with van der Waals surface area (Å²) in [6, 6.07) is 0. The van der Waals surface area contributed by atoms with Gasteiger partial charge in [0.05, 0.1) is 18.4 Å². The van der Waals surface area contributed by atoms with Gasteiger partial charge in [0, 0.05) is 26.7 Å². The van der Waals surface area contributed by atoms with E-state index in [4.69, 9.17) is 4.74 Å². The Hall–Kier alpha value is -1.10. The Morgan fingerprint density at radius 3 is 2.84 bits per heavy atom. The Kier molecular flexibility index (Phi) is 4.80. The van der Waals surface area contributed by atoms with Crippen molar-refractivity contribution in [1.82, 2.24) is 10.2 Å². The molecule has 0 aromatic carbocycles. The fourth-order valence-electron chi connectivity index (χ4n) is 2.79. The van der Waals surface area contributed by atoms with Crippen molar-refractivity contribution in [2.45, 2.75) is 26.2 Å². The van der Waals surface area contributed by atoms with Crippen molar-refractivity contribution >= 4 is 11.8 Å². The summed E-state index contributed by atoms with van der Waals surface area (Å²) in [7, 11) is 1.60. The summed E-state index contributed by atoms with van der Waals surface area (Å²) in [6.07, 6.45) is 3.00. The topological polar surface area (TPSA) is 58.6 Å². The fraction of sp³-hybridized carbons (Fsp3) is 0.857. The number of amides is 2. The lowest BCUT2D eigenvalue weighted by Crippen LogP contribution is -2.41. The number of ether oxygens (including phenoxy) is 1. The van der Waals surface area contributed by atoms with Crippen LogP contribution in [-0.2, 0) is 14.3 Å². The molecule has 1 N–H and O–H groups in total. The van der Waals surface area contributed by atoms with Gasteiger partial charge in [0.15, 0.2) is 0 Å². The van der Waals surface area contributed by atoms with Gasteiger partial charge in [-0.1, -0.05) is 6.92 Å².